The van der Waals surface area contributed by atoms with Gasteiger partial charge in [-0.15, -0.1) is 0 Å². The van der Waals surface area contributed by atoms with E-state index in [0.717, 1.165) is 64.2 Å². The van der Waals surface area contributed by atoms with Crippen LogP contribution >= 0.6 is 7.82 Å². The number of nitrogens with one attached hydrogen (secondary N) is 1. The van der Waals surface area contributed by atoms with Crippen LogP contribution in [0.4, 0.5) is 0 Å². The molecule has 0 heterocycles. The van der Waals surface area contributed by atoms with Gasteiger partial charge in [0, 0.05) is 12.8 Å². The molecule has 0 saturated carbocycles. The number of quaternary nitrogens is 1. The number of ether oxygens (including phenoxy) is 1. The van der Waals surface area contributed by atoms with E-state index >= 15 is 0 Å². The highest BCUT2D eigenvalue weighted by Gasteiger charge is 2.27. The fourth-order valence-electron chi connectivity index (χ4n) is 10.8. The highest BCUT2D eigenvalue weighted by Crippen LogP contribution is 2.38. The molecule has 0 rings (SSSR count). The molecule has 0 aliphatic rings. The molecule has 0 aromatic rings. The fourth-order valence-corrected chi connectivity index (χ4v) is 11.5. The van der Waals surface area contributed by atoms with Gasteiger partial charge in [0.15, 0.2) is 0 Å². The van der Waals surface area contributed by atoms with Gasteiger partial charge in [0.1, 0.15) is 19.3 Å². The molecule has 10 heteroatoms. The van der Waals surface area contributed by atoms with Crippen LogP contribution in [0, 0.1) is 0 Å². The monoisotopic (exact) mass is 1180 g/mol. The van der Waals surface area contributed by atoms with Crippen molar-refractivity contribution in [1.29, 1.82) is 0 Å². The van der Waals surface area contributed by atoms with Crippen LogP contribution in [0.5, 0.6) is 0 Å². The van der Waals surface area contributed by atoms with Crippen molar-refractivity contribution < 1.29 is 37.3 Å². The standard InChI is InChI=1S/C72H139N2O7P/c1-7-10-13-16-19-22-25-28-30-32-33-34-35-36-37-38-39-40-41-42-44-47-50-53-56-59-62-65-72(76)81-70(63-60-57-54-51-48-45-27-24-21-18-15-12-9-3)69(68-80-82(77,78)79-67-66-74(4,5)6)73-71(75)64-61-58-55-52-49-46-43-31-29-26-23-20-17-14-11-8-2/h31,43,46,49,60,63,69-70H,7-30,32-42,44-45,47-48,50-59,61-62,64-68H2,1-6H3,(H-,73,75,77,78)/b43-31+,49-46+,63-60-. The quantitative estimate of drug-likeness (QED) is 0.0161. The van der Waals surface area contributed by atoms with Gasteiger partial charge in [-0.25, -0.2) is 0 Å². The molecule has 0 radical (unpaired) electrons. The number of nitrogens with zero attached hydrogens (tertiary/aromatic N) is 1. The Morgan fingerprint density at radius 1 is 0.427 bits per heavy atom. The summed E-state index contributed by atoms with van der Waals surface area (Å²) in [5.74, 6) is -0.553. The molecule has 0 bridgehead atoms. The number of phosphoric ester groups is 1. The number of carbonyl (C=O) groups excluding carboxylic acids is 2. The minimum atomic E-state index is -4.71. The SMILES string of the molecule is CCCCCCCCC/C=C/C=C/CCCCCC(=O)NC(COP(=O)([O-])OCC[N+](C)(C)C)C(/C=C\CCCCCCCCCCCCC)OC(=O)CCCCCCCCCCCCCCCCCCCCCCCCCCCCC. The Morgan fingerprint density at radius 3 is 1.09 bits per heavy atom. The maximum atomic E-state index is 13.6. The van der Waals surface area contributed by atoms with E-state index in [1.54, 1.807) is 0 Å². The Balaban J connectivity index is 5.02. The number of rotatable bonds is 66. The molecule has 3 unspecified atom stereocenters. The van der Waals surface area contributed by atoms with Gasteiger partial charge in [0.2, 0.25) is 5.91 Å². The van der Waals surface area contributed by atoms with Crippen LogP contribution in [-0.2, 0) is 27.9 Å². The van der Waals surface area contributed by atoms with Crippen molar-refractivity contribution in [2.45, 2.75) is 373 Å². The normalized spacial score (nSPS) is 13.7. The Labute approximate surface area is 510 Å². The van der Waals surface area contributed by atoms with Gasteiger partial charge in [0.25, 0.3) is 7.82 Å². The fraction of sp³-hybridized carbons (Fsp3) is 0.889. The number of hydrogen-bond acceptors (Lipinski definition) is 7. The number of esters is 1. The Morgan fingerprint density at radius 2 is 0.732 bits per heavy atom. The number of carbonyl (C=O) groups is 2. The van der Waals surface area contributed by atoms with E-state index in [0.29, 0.717) is 17.4 Å². The summed E-state index contributed by atoms with van der Waals surface area (Å²) in [4.78, 5) is 40.1. The van der Waals surface area contributed by atoms with Gasteiger partial charge in [-0.3, -0.25) is 14.2 Å². The zero-order chi connectivity index (χ0) is 60.0. The van der Waals surface area contributed by atoms with Crippen molar-refractivity contribution >= 4 is 19.7 Å². The van der Waals surface area contributed by atoms with Crippen LogP contribution in [0.25, 0.3) is 0 Å². The summed E-state index contributed by atoms with van der Waals surface area (Å²) in [7, 11) is 1.18. The molecular weight excluding hydrogens is 1040 g/mol. The lowest BCUT2D eigenvalue weighted by atomic mass is 10.0. The predicted octanol–water partition coefficient (Wildman–Crippen LogP) is 22.0. The number of amides is 1. The zero-order valence-corrected chi connectivity index (χ0v) is 56.4. The lowest BCUT2D eigenvalue weighted by Crippen LogP contribution is -2.47. The predicted molar refractivity (Wildman–Crippen MR) is 353 cm³/mol. The van der Waals surface area contributed by atoms with E-state index in [4.69, 9.17) is 13.8 Å². The molecule has 0 aliphatic carbocycles. The topological polar surface area (TPSA) is 114 Å². The second-order valence-corrected chi connectivity index (χ2v) is 27.2. The summed E-state index contributed by atoms with van der Waals surface area (Å²) in [6.07, 6.45) is 77.1. The third-order valence-electron chi connectivity index (χ3n) is 16.4. The molecule has 1 amide bonds. The molecule has 9 nitrogen and oxygen atoms in total. The number of unbranched alkanes of at least 4 members (excludes halogenated alkanes) is 47. The van der Waals surface area contributed by atoms with Crippen molar-refractivity contribution in [2.75, 3.05) is 40.9 Å². The highest BCUT2D eigenvalue weighted by atomic mass is 31.2. The second-order valence-electron chi connectivity index (χ2n) is 25.8. The Hall–Kier alpha value is -1.77. The molecule has 0 fully saturated rings. The minimum absolute atomic E-state index is 0.0248. The van der Waals surface area contributed by atoms with E-state index in [1.165, 1.54) is 257 Å². The molecule has 82 heavy (non-hydrogen) atoms. The first-order valence-corrected chi connectivity index (χ1v) is 37.3. The van der Waals surface area contributed by atoms with Crippen molar-refractivity contribution in [2.24, 2.45) is 0 Å². The Kier molecular flexibility index (Phi) is 60.9. The summed E-state index contributed by atoms with van der Waals surface area (Å²) in [5, 5.41) is 3.03. The molecule has 484 valence electrons. The molecule has 0 aliphatic heterocycles. The van der Waals surface area contributed by atoms with E-state index in [1.807, 2.05) is 33.3 Å². The van der Waals surface area contributed by atoms with Gasteiger partial charge >= 0.3 is 5.97 Å². The van der Waals surface area contributed by atoms with Crippen LogP contribution in [0.3, 0.4) is 0 Å². The van der Waals surface area contributed by atoms with Crippen LogP contribution in [0.2, 0.25) is 0 Å². The molecule has 0 aromatic heterocycles. The lowest BCUT2D eigenvalue weighted by molar-refractivity contribution is -0.870. The third-order valence-corrected chi connectivity index (χ3v) is 17.3. The van der Waals surface area contributed by atoms with Crippen molar-refractivity contribution in [3.8, 4) is 0 Å². The van der Waals surface area contributed by atoms with Crippen LogP contribution in [0.1, 0.15) is 361 Å². The van der Waals surface area contributed by atoms with Crippen molar-refractivity contribution in [1.82, 2.24) is 5.32 Å². The Bertz CT molecular complexity index is 1500. The molecule has 0 aromatic carbocycles. The van der Waals surface area contributed by atoms with Crippen LogP contribution in [0.15, 0.2) is 36.5 Å². The van der Waals surface area contributed by atoms with Crippen LogP contribution in [-0.4, -0.2) is 69.4 Å². The summed E-state index contributed by atoms with van der Waals surface area (Å²) in [5.41, 5.74) is 0. The van der Waals surface area contributed by atoms with Gasteiger partial charge in [-0.05, 0) is 57.4 Å². The maximum Gasteiger partial charge on any atom is 0.306 e. The second kappa shape index (κ2) is 62.3. The first kappa shape index (κ1) is 80.2. The van der Waals surface area contributed by atoms with Crippen LogP contribution < -0.4 is 10.2 Å². The first-order valence-electron chi connectivity index (χ1n) is 35.8. The summed E-state index contributed by atoms with van der Waals surface area (Å²) >= 11 is 0. The van der Waals surface area contributed by atoms with E-state index in [9.17, 15) is 19.0 Å². The number of phosphoric acid groups is 1. The first-order chi connectivity index (χ1) is 39.9. The average Bonchev–Trinajstić information content (AvgIpc) is 3.45. The minimum Gasteiger partial charge on any atom is -0.756 e. The summed E-state index contributed by atoms with van der Waals surface area (Å²) < 4.78 is 30.4. The maximum absolute atomic E-state index is 13.6. The largest absolute Gasteiger partial charge is 0.756 e. The van der Waals surface area contributed by atoms with E-state index < -0.39 is 26.6 Å². The number of likely N-dealkylation sites (N-methyl/N-ethyl adjacent to an activating group) is 1. The summed E-state index contributed by atoms with van der Waals surface area (Å²) in [6, 6.07) is -0.899. The zero-order valence-electron chi connectivity index (χ0n) is 55.5. The van der Waals surface area contributed by atoms with Gasteiger partial charge in [0.05, 0.1) is 33.8 Å². The molecular formula is C72H139N2O7P. The lowest BCUT2D eigenvalue weighted by Gasteiger charge is -2.30. The average molecular weight is 1180 g/mol. The number of allylic oxidation sites excluding steroid dienone is 5. The molecule has 0 spiro atoms. The number of hydrogen-bond donors (Lipinski definition) is 1. The van der Waals surface area contributed by atoms with E-state index in [-0.39, 0.29) is 31.3 Å². The smallest absolute Gasteiger partial charge is 0.306 e. The van der Waals surface area contributed by atoms with E-state index in [2.05, 4.69) is 50.4 Å². The van der Waals surface area contributed by atoms with Gasteiger partial charge < -0.3 is 28.5 Å². The third kappa shape index (κ3) is 62.8. The van der Waals surface area contributed by atoms with Gasteiger partial charge in [-0.2, -0.15) is 0 Å². The molecule has 0 saturated heterocycles. The summed E-state index contributed by atoms with van der Waals surface area (Å²) in [6.45, 7) is 6.88. The molecule has 1 N–H and O–H groups in total. The van der Waals surface area contributed by atoms with Crippen molar-refractivity contribution in [3.05, 3.63) is 36.5 Å². The highest BCUT2D eigenvalue weighted by molar-refractivity contribution is 7.45. The van der Waals surface area contributed by atoms with Crippen molar-refractivity contribution in [3.63, 3.8) is 0 Å². The molecule has 3 atom stereocenters. The van der Waals surface area contributed by atoms with Gasteiger partial charge in [-0.1, -0.05) is 327 Å².